The van der Waals surface area contributed by atoms with E-state index in [1.165, 1.54) is 22.0 Å². The second-order valence-corrected chi connectivity index (χ2v) is 7.33. The summed E-state index contributed by atoms with van der Waals surface area (Å²) in [5.41, 5.74) is 6.48. The van der Waals surface area contributed by atoms with E-state index in [2.05, 4.69) is 41.6 Å². The lowest BCUT2D eigenvalue weighted by molar-refractivity contribution is 0.629. The Labute approximate surface area is 164 Å². The van der Waals surface area contributed by atoms with Crippen LogP contribution in [0.1, 0.15) is 22.4 Å². The lowest BCUT2D eigenvalue weighted by atomic mass is 10.1. The first-order valence-corrected chi connectivity index (χ1v) is 9.66. The monoisotopic (exact) mass is 374 g/mol. The van der Waals surface area contributed by atoms with Gasteiger partial charge in [-0.15, -0.1) is 0 Å². The van der Waals surface area contributed by atoms with Crippen molar-refractivity contribution in [2.45, 2.75) is 26.8 Å². The highest BCUT2D eigenvalue weighted by Gasteiger charge is 2.15. The molecule has 0 aliphatic heterocycles. The first-order valence-electron chi connectivity index (χ1n) is 9.66. The van der Waals surface area contributed by atoms with Gasteiger partial charge in [-0.05, 0) is 56.1 Å². The summed E-state index contributed by atoms with van der Waals surface area (Å²) in [6, 6.07) is 16.3. The molecule has 0 spiro atoms. The van der Waals surface area contributed by atoms with Crippen LogP contribution in [-0.2, 0) is 20.0 Å². The van der Waals surface area contributed by atoms with Crippen molar-refractivity contribution in [1.82, 2.24) is 19.7 Å². The molecule has 0 saturated carbocycles. The third kappa shape index (κ3) is 3.29. The molecule has 5 nitrogen and oxygen atoms in total. The van der Waals surface area contributed by atoms with Gasteiger partial charge in [0, 0.05) is 36.4 Å². The Balaban J connectivity index is 1.46. The fourth-order valence-corrected chi connectivity index (χ4v) is 3.77. The van der Waals surface area contributed by atoms with E-state index in [0.717, 1.165) is 29.9 Å². The maximum atomic E-state index is 12.9. The first-order chi connectivity index (χ1) is 13.6. The molecule has 0 saturated heterocycles. The minimum atomic E-state index is 0.0428. The highest BCUT2D eigenvalue weighted by Crippen LogP contribution is 2.19. The Morgan fingerprint density at radius 1 is 1.07 bits per heavy atom. The van der Waals surface area contributed by atoms with Crippen LogP contribution in [0.2, 0.25) is 0 Å². The van der Waals surface area contributed by atoms with Crippen LogP contribution < -0.4 is 10.9 Å². The average molecular weight is 374 g/mol. The maximum absolute atomic E-state index is 12.9. The van der Waals surface area contributed by atoms with Gasteiger partial charge in [-0.2, -0.15) is 0 Å². The zero-order valence-electron chi connectivity index (χ0n) is 16.6. The summed E-state index contributed by atoms with van der Waals surface area (Å²) in [7, 11) is 1.93. The summed E-state index contributed by atoms with van der Waals surface area (Å²) < 4.78 is 3.66. The zero-order chi connectivity index (χ0) is 19.7. The van der Waals surface area contributed by atoms with Gasteiger partial charge >= 0.3 is 0 Å². The number of benzene rings is 2. The van der Waals surface area contributed by atoms with Gasteiger partial charge in [0.15, 0.2) is 0 Å². The average Bonchev–Trinajstić information content (AvgIpc) is 3.18. The Bertz CT molecular complexity index is 1160. The number of nitrogens with zero attached hydrogens (tertiary/aromatic N) is 2. The van der Waals surface area contributed by atoms with E-state index in [1.54, 1.807) is 4.68 Å². The molecule has 5 heteroatoms. The molecular formula is C23H26N4O. The van der Waals surface area contributed by atoms with Crippen LogP contribution >= 0.6 is 0 Å². The fraction of sp³-hybridized carbons (Fsp3) is 0.261. The second-order valence-electron chi connectivity index (χ2n) is 7.33. The third-order valence-electron chi connectivity index (χ3n) is 5.47. The van der Waals surface area contributed by atoms with Gasteiger partial charge in [-0.1, -0.05) is 30.3 Å². The molecule has 2 N–H and O–H groups in total. The summed E-state index contributed by atoms with van der Waals surface area (Å²) in [5, 5.41) is 4.72. The SMILES string of the molecule is Cc1ccc2c(CCNCc3c(C)n(C)n(-c4ccccc4)c3=O)c[nH]c2c1. The quantitative estimate of drug-likeness (QED) is 0.507. The van der Waals surface area contributed by atoms with Crippen molar-refractivity contribution in [3.05, 3.63) is 87.5 Å². The number of para-hydroxylation sites is 1. The number of nitrogens with one attached hydrogen (secondary N) is 2. The molecule has 0 fully saturated rings. The number of hydrogen-bond acceptors (Lipinski definition) is 2. The molecule has 28 heavy (non-hydrogen) atoms. The smallest absolute Gasteiger partial charge is 0.276 e. The summed E-state index contributed by atoms with van der Waals surface area (Å²) in [4.78, 5) is 16.3. The highest BCUT2D eigenvalue weighted by atomic mass is 16.1. The van der Waals surface area contributed by atoms with E-state index in [1.807, 2.05) is 49.0 Å². The molecule has 0 aliphatic carbocycles. The van der Waals surface area contributed by atoms with Crippen molar-refractivity contribution in [2.24, 2.45) is 7.05 Å². The van der Waals surface area contributed by atoms with E-state index >= 15 is 0 Å². The van der Waals surface area contributed by atoms with E-state index in [0.29, 0.717) is 6.54 Å². The maximum Gasteiger partial charge on any atom is 0.276 e. The van der Waals surface area contributed by atoms with Crippen molar-refractivity contribution in [1.29, 1.82) is 0 Å². The van der Waals surface area contributed by atoms with E-state index in [-0.39, 0.29) is 5.56 Å². The molecule has 4 aromatic rings. The van der Waals surface area contributed by atoms with Crippen molar-refractivity contribution in [2.75, 3.05) is 6.54 Å². The van der Waals surface area contributed by atoms with Crippen LogP contribution in [0, 0.1) is 13.8 Å². The summed E-state index contributed by atoms with van der Waals surface area (Å²) in [6.07, 6.45) is 3.00. The first kappa shape index (κ1) is 18.3. The van der Waals surface area contributed by atoms with Crippen LogP contribution in [0.25, 0.3) is 16.6 Å². The Hall–Kier alpha value is -3.05. The van der Waals surface area contributed by atoms with E-state index in [9.17, 15) is 4.79 Å². The minimum absolute atomic E-state index is 0.0428. The van der Waals surface area contributed by atoms with Gasteiger partial charge < -0.3 is 10.3 Å². The molecule has 0 radical (unpaired) electrons. The van der Waals surface area contributed by atoms with Crippen LogP contribution in [0.5, 0.6) is 0 Å². The van der Waals surface area contributed by atoms with Crippen LogP contribution in [0.4, 0.5) is 0 Å². The normalized spacial score (nSPS) is 11.4. The predicted molar refractivity (Wildman–Crippen MR) is 114 cm³/mol. The number of rotatable bonds is 6. The second kappa shape index (κ2) is 7.52. The molecule has 0 bridgehead atoms. The minimum Gasteiger partial charge on any atom is -0.361 e. The summed E-state index contributed by atoms with van der Waals surface area (Å²) >= 11 is 0. The van der Waals surface area contributed by atoms with Crippen molar-refractivity contribution < 1.29 is 0 Å². The zero-order valence-corrected chi connectivity index (χ0v) is 16.6. The molecule has 144 valence electrons. The Kier molecular flexibility index (Phi) is 4.92. The molecule has 0 aliphatic rings. The topological polar surface area (TPSA) is 54.8 Å². The molecule has 0 unspecified atom stereocenters. The van der Waals surface area contributed by atoms with Gasteiger partial charge in [0.25, 0.3) is 5.56 Å². The molecular weight excluding hydrogens is 348 g/mol. The Morgan fingerprint density at radius 3 is 2.64 bits per heavy atom. The van der Waals surface area contributed by atoms with Crippen LogP contribution in [0.3, 0.4) is 0 Å². The number of aryl methyl sites for hydroxylation is 1. The molecule has 4 rings (SSSR count). The van der Waals surface area contributed by atoms with Crippen molar-refractivity contribution in [3.63, 3.8) is 0 Å². The predicted octanol–water partition coefficient (Wildman–Crippen LogP) is 3.61. The number of aromatic nitrogens is 3. The van der Waals surface area contributed by atoms with Crippen LogP contribution in [-0.4, -0.2) is 20.9 Å². The lowest BCUT2D eigenvalue weighted by Crippen LogP contribution is -2.24. The van der Waals surface area contributed by atoms with Gasteiger partial charge in [-0.25, -0.2) is 4.68 Å². The number of fused-ring (bicyclic) bond motifs is 1. The molecule has 2 aromatic carbocycles. The standard InChI is InChI=1S/C23H26N4O/c1-16-9-10-20-18(14-25-22(20)13-16)11-12-24-15-21-17(2)26(3)27(23(21)28)19-7-5-4-6-8-19/h4-10,13-14,24-25H,11-12,15H2,1-3H3. The van der Waals surface area contributed by atoms with Crippen molar-refractivity contribution in [3.8, 4) is 5.69 Å². The lowest BCUT2D eigenvalue weighted by Gasteiger charge is -2.07. The highest BCUT2D eigenvalue weighted by molar-refractivity contribution is 5.83. The molecule has 2 aromatic heterocycles. The van der Waals surface area contributed by atoms with E-state index in [4.69, 9.17) is 0 Å². The summed E-state index contributed by atoms with van der Waals surface area (Å²) in [5.74, 6) is 0. The summed E-state index contributed by atoms with van der Waals surface area (Å²) in [6.45, 7) is 5.49. The molecule has 2 heterocycles. The van der Waals surface area contributed by atoms with Gasteiger partial charge in [0.1, 0.15) is 0 Å². The molecule has 0 amide bonds. The van der Waals surface area contributed by atoms with Crippen LogP contribution in [0.15, 0.2) is 59.5 Å². The van der Waals surface area contributed by atoms with Gasteiger partial charge in [0.05, 0.1) is 11.3 Å². The van der Waals surface area contributed by atoms with Gasteiger partial charge in [0.2, 0.25) is 0 Å². The number of aromatic amines is 1. The van der Waals surface area contributed by atoms with Crippen molar-refractivity contribution >= 4 is 10.9 Å². The molecule has 0 atom stereocenters. The Morgan fingerprint density at radius 2 is 1.86 bits per heavy atom. The number of H-pyrrole nitrogens is 1. The third-order valence-corrected chi connectivity index (χ3v) is 5.47. The fourth-order valence-electron chi connectivity index (χ4n) is 3.77. The number of hydrogen-bond donors (Lipinski definition) is 2. The van der Waals surface area contributed by atoms with E-state index < -0.39 is 0 Å². The van der Waals surface area contributed by atoms with Gasteiger partial charge in [-0.3, -0.25) is 9.48 Å². The largest absolute Gasteiger partial charge is 0.361 e.